The van der Waals surface area contributed by atoms with Gasteiger partial charge in [0.2, 0.25) is 0 Å². The van der Waals surface area contributed by atoms with E-state index in [0.717, 1.165) is 16.8 Å². The van der Waals surface area contributed by atoms with Crippen LogP contribution in [0.3, 0.4) is 0 Å². The van der Waals surface area contributed by atoms with Gasteiger partial charge in [0.1, 0.15) is 5.76 Å². The first-order valence-corrected chi connectivity index (χ1v) is 11.2. The molecule has 2 aromatic carbocycles. The topological polar surface area (TPSA) is 73.7 Å². The number of benzene rings is 2. The van der Waals surface area contributed by atoms with Crippen LogP contribution < -0.4 is 9.80 Å². The van der Waals surface area contributed by atoms with Crippen molar-refractivity contribution in [1.29, 1.82) is 0 Å². The standard InChI is InChI=1S/C28H29N3O3/c1-28(2,3)20-8-6-18(7-9-20)24-23(25(32)19-14-16-29-17-15-19)26(33)27(34)31(24)22-12-10-21(11-13-22)30(4)5/h6-17,24,32H,1-5H3/b25-23-. The van der Waals surface area contributed by atoms with E-state index in [-0.39, 0.29) is 16.7 Å². The maximum Gasteiger partial charge on any atom is 0.300 e. The number of ketones is 1. The molecular formula is C28H29N3O3. The van der Waals surface area contributed by atoms with Gasteiger partial charge in [0.05, 0.1) is 11.6 Å². The normalized spacial score (nSPS) is 17.8. The zero-order chi connectivity index (χ0) is 24.6. The highest BCUT2D eigenvalue weighted by atomic mass is 16.3. The first-order chi connectivity index (χ1) is 16.1. The molecule has 1 amide bonds. The number of amides is 1. The van der Waals surface area contributed by atoms with Gasteiger partial charge < -0.3 is 10.0 Å². The number of nitrogens with zero attached hydrogens (tertiary/aromatic N) is 3. The molecule has 0 aliphatic carbocycles. The number of anilines is 2. The minimum atomic E-state index is -0.757. The van der Waals surface area contributed by atoms with E-state index in [2.05, 4.69) is 25.8 Å². The zero-order valence-corrected chi connectivity index (χ0v) is 20.1. The molecule has 2 heterocycles. The largest absolute Gasteiger partial charge is 0.507 e. The average molecular weight is 456 g/mol. The van der Waals surface area contributed by atoms with Crippen LogP contribution in [0, 0.1) is 0 Å². The van der Waals surface area contributed by atoms with Crippen molar-refractivity contribution < 1.29 is 14.7 Å². The lowest BCUT2D eigenvalue weighted by Crippen LogP contribution is -2.29. The number of aliphatic hydroxyl groups is 1. The molecule has 0 radical (unpaired) electrons. The molecule has 174 valence electrons. The minimum Gasteiger partial charge on any atom is -0.507 e. The van der Waals surface area contributed by atoms with E-state index in [1.807, 2.05) is 67.5 Å². The molecule has 1 aliphatic heterocycles. The van der Waals surface area contributed by atoms with Crippen LogP contribution >= 0.6 is 0 Å². The predicted molar refractivity (Wildman–Crippen MR) is 135 cm³/mol. The second-order valence-electron chi connectivity index (χ2n) is 9.69. The molecule has 4 rings (SSSR count). The SMILES string of the molecule is CN(C)c1ccc(N2C(=O)C(=O)/C(=C(\O)c3ccncc3)C2c2ccc(C(C)(C)C)cc2)cc1. The quantitative estimate of drug-likeness (QED) is 0.338. The van der Waals surface area contributed by atoms with Crippen LogP contribution in [-0.4, -0.2) is 35.9 Å². The number of hydrogen-bond donors (Lipinski definition) is 1. The van der Waals surface area contributed by atoms with Crippen molar-refractivity contribution in [3.05, 3.63) is 95.3 Å². The van der Waals surface area contributed by atoms with Gasteiger partial charge in [-0.25, -0.2) is 0 Å². The molecule has 1 aliphatic rings. The summed E-state index contributed by atoms with van der Waals surface area (Å²) < 4.78 is 0. The first-order valence-electron chi connectivity index (χ1n) is 11.2. The van der Waals surface area contributed by atoms with Crippen molar-refractivity contribution in [2.75, 3.05) is 23.9 Å². The van der Waals surface area contributed by atoms with Gasteiger partial charge in [-0.3, -0.25) is 19.5 Å². The average Bonchev–Trinajstić information content (AvgIpc) is 3.09. The summed E-state index contributed by atoms with van der Waals surface area (Å²) in [6.07, 6.45) is 3.08. The zero-order valence-electron chi connectivity index (χ0n) is 20.1. The Morgan fingerprint density at radius 3 is 2.03 bits per heavy atom. The molecule has 1 unspecified atom stereocenters. The molecule has 0 spiro atoms. The molecule has 1 atom stereocenters. The Labute approximate surface area is 200 Å². The molecule has 0 saturated carbocycles. The van der Waals surface area contributed by atoms with Gasteiger partial charge in [-0.2, -0.15) is 0 Å². The number of carbonyl (C=O) groups excluding carboxylic acids is 2. The number of Topliss-reactive ketones (excluding diaryl/α,β-unsaturated/α-hetero) is 1. The number of aliphatic hydroxyl groups excluding tert-OH is 1. The van der Waals surface area contributed by atoms with E-state index in [0.29, 0.717) is 11.3 Å². The molecule has 1 N–H and O–H groups in total. The highest BCUT2D eigenvalue weighted by Gasteiger charge is 2.47. The van der Waals surface area contributed by atoms with Crippen molar-refractivity contribution in [3.63, 3.8) is 0 Å². The van der Waals surface area contributed by atoms with E-state index in [1.165, 1.54) is 17.3 Å². The number of aromatic nitrogens is 1. The van der Waals surface area contributed by atoms with Crippen LogP contribution in [0.5, 0.6) is 0 Å². The number of carbonyl (C=O) groups is 2. The van der Waals surface area contributed by atoms with Gasteiger partial charge in [0, 0.05) is 43.4 Å². The molecule has 3 aromatic rings. The molecule has 6 heteroatoms. The fourth-order valence-corrected chi connectivity index (χ4v) is 4.16. The van der Waals surface area contributed by atoms with Crippen molar-refractivity contribution >= 4 is 28.8 Å². The van der Waals surface area contributed by atoms with Crippen LogP contribution in [0.15, 0.2) is 78.6 Å². The van der Waals surface area contributed by atoms with Crippen molar-refractivity contribution in [1.82, 2.24) is 4.98 Å². The summed E-state index contributed by atoms with van der Waals surface area (Å²) in [4.78, 5) is 34.0. The molecule has 6 nitrogen and oxygen atoms in total. The third-order valence-corrected chi connectivity index (χ3v) is 6.13. The van der Waals surface area contributed by atoms with Crippen molar-refractivity contribution in [2.45, 2.75) is 32.2 Å². The summed E-state index contributed by atoms with van der Waals surface area (Å²) in [6.45, 7) is 6.39. The van der Waals surface area contributed by atoms with Gasteiger partial charge in [0.15, 0.2) is 0 Å². The lowest BCUT2D eigenvalue weighted by atomic mass is 9.85. The van der Waals surface area contributed by atoms with Gasteiger partial charge >= 0.3 is 0 Å². The van der Waals surface area contributed by atoms with Crippen molar-refractivity contribution in [2.24, 2.45) is 0 Å². The van der Waals surface area contributed by atoms with E-state index in [4.69, 9.17) is 0 Å². The van der Waals surface area contributed by atoms with Crippen LogP contribution in [0.4, 0.5) is 11.4 Å². The highest BCUT2D eigenvalue weighted by molar-refractivity contribution is 6.51. The Bertz CT molecular complexity index is 1240. The van der Waals surface area contributed by atoms with Crippen LogP contribution in [-0.2, 0) is 15.0 Å². The third kappa shape index (κ3) is 4.19. The molecule has 1 aromatic heterocycles. The predicted octanol–water partition coefficient (Wildman–Crippen LogP) is 5.07. The minimum absolute atomic E-state index is 0.0423. The van der Waals surface area contributed by atoms with Gasteiger partial charge in [-0.05, 0) is 52.9 Å². The van der Waals surface area contributed by atoms with Crippen LogP contribution in [0.1, 0.15) is 43.5 Å². The van der Waals surface area contributed by atoms with Crippen LogP contribution in [0.2, 0.25) is 0 Å². The van der Waals surface area contributed by atoms with E-state index in [9.17, 15) is 14.7 Å². The van der Waals surface area contributed by atoms with Gasteiger partial charge in [-0.1, -0.05) is 45.0 Å². The maximum absolute atomic E-state index is 13.3. The lowest BCUT2D eigenvalue weighted by Gasteiger charge is -2.27. The maximum atomic E-state index is 13.3. The summed E-state index contributed by atoms with van der Waals surface area (Å²) in [6, 6.07) is 17.8. The van der Waals surface area contributed by atoms with Crippen LogP contribution in [0.25, 0.3) is 5.76 Å². The Hall–Kier alpha value is -3.93. The van der Waals surface area contributed by atoms with E-state index < -0.39 is 17.7 Å². The second-order valence-corrected chi connectivity index (χ2v) is 9.69. The molecule has 1 fully saturated rings. The highest BCUT2D eigenvalue weighted by Crippen LogP contribution is 2.42. The summed E-state index contributed by atoms with van der Waals surface area (Å²) in [7, 11) is 3.87. The molecule has 0 bridgehead atoms. The number of pyridine rings is 1. The number of rotatable bonds is 4. The number of hydrogen-bond acceptors (Lipinski definition) is 5. The fourth-order valence-electron chi connectivity index (χ4n) is 4.16. The van der Waals surface area contributed by atoms with Gasteiger partial charge in [-0.15, -0.1) is 0 Å². The Kier molecular flexibility index (Phi) is 6.00. The first kappa shape index (κ1) is 23.2. The molecular weight excluding hydrogens is 426 g/mol. The monoisotopic (exact) mass is 455 g/mol. The third-order valence-electron chi connectivity index (χ3n) is 6.13. The Balaban J connectivity index is 1.90. The molecule has 34 heavy (non-hydrogen) atoms. The van der Waals surface area contributed by atoms with E-state index in [1.54, 1.807) is 12.1 Å². The summed E-state index contributed by atoms with van der Waals surface area (Å²) in [5, 5.41) is 11.2. The summed E-state index contributed by atoms with van der Waals surface area (Å²) in [5.41, 5.74) is 3.91. The molecule has 1 saturated heterocycles. The van der Waals surface area contributed by atoms with Gasteiger partial charge in [0.25, 0.3) is 11.7 Å². The second kappa shape index (κ2) is 8.78. The lowest BCUT2D eigenvalue weighted by molar-refractivity contribution is -0.132. The van der Waals surface area contributed by atoms with E-state index >= 15 is 0 Å². The van der Waals surface area contributed by atoms with Crippen molar-refractivity contribution in [3.8, 4) is 0 Å². The summed E-state index contributed by atoms with van der Waals surface area (Å²) in [5.74, 6) is -1.59. The smallest absolute Gasteiger partial charge is 0.300 e. The fraction of sp³-hybridized carbons (Fsp3) is 0.250. The Morgan fingerprint density at radius 2 is 1.50 bits per heavy atom. The Morgan fingerprint density at radius 1 is 0.912 bits per heavy atom. The summed E-state index contributed by atoms with van der Waals surface area (Å²) >= 11 is 0.